The number of benzene rings is 2. The Morgan fingerprint density at radius 2 is 1.84 bits per heavy atom. The standard InChI is InChI=1S/C27H25F2N5O3/c1-37-23-12-11-19(16-22(23)29)32-27-31-17-18(24(33-27)30-14-7-13-28)8-3-2-6-15-34-25(35)20-9-4-5-10-21(20)26(34)36/h4-5,9-12,16-17H,2,6-7,13-15H2,1H3,(H2,30,31,32,33). The molecule has 0 atom stereocenters. The van der Waals surface area contributed by atoms with Gasteiger partial charge in [0.25, 0.3) is 11.8 Å². The van der Waals surface area contributed by atoms with Gasteiger partial charge in [-0.2, -0.15) is 4.98 Å². The van der Waals surface area contributed by atoms with Crippen molar-refractivity contribution >= 4 is 29.3 Å². The number of imide groups is 1. The lowest BCUT2D eigenvalue weighted by atomic mass is 10.1. The maximum absolute atomic E-state index is 14.0. The Morgan fingerprint density at radius 3 is 2.51 bits per heavy atom. The Balaban J connectivity index is 1.40. The smallest absolute Gasteiger partial charge is 0.261 e. The van der Waals surface area contributed by atoms with E-state index in [-0.39, 0.29) is 30.1 Å². The zero-order valence-electron chi connectivity index (χ0n) is 20.2. The Kier molecular flexibility index (Phi) is 8.26. The van der Waals surface area contributed by atoms with Gasteiger partial charge in [-0.3, -0.25) is 18.9 Å². The summed E-state index contributed by atoms with van der Waals surface area (Å²) in [4.78, 5) is 34.8. The van der Waals surface area contributed by atoms with Crippen molar-refractivity contribution in [3.05, 3.63) is 71.2 Å². The number of amides is 2. The van der Waals surface area contributed by atoms with Crippen LogP contribution in [0.5, 0.6) is 5.75 Å². The second-order valence-electron chi connectivity index (χ2n) is 8.11. The molecule has 2 amide bonds. The van der Waals surface area contributed by atoms with Crippen molar-refractivity contribution in [2.24, 2.45) is 0 Å². The minimum Gasteiger partial charge on any atom is -0.494 e. The molecule has 1 aromatic heterocycles. The fourth-order valence-corrected chi connectivity index (χ4v) is 3.74. The van der Waals surface area contributed by atoms with Gasteiger partial charge in [0.2, 0.25) is 5.95 Å². The second kappa shape index (κ2) is 11.9. The van der Waals surface area contributed by atoms with Gasteiger partial charge < -0.3 is 15.4 Å². The number of alkyl halides is 1. The van der Waals surface area contributed by atoms with Crippen molar-refractivity contribution in [2.45, 2.75) is 19.3 Å². The highest BCUT2D eigenvalue weighted by Gasteiger charge is 2.34. The molecule has 0 spiro atoms. The monoisotopic (exact) mass is 505 g/mol. The number of methoxy groups -OCH3 is 1. The van der Waals surface area contributed by atoms with E-state index in [4.69, 9.17) is 4.74 Å². The van der Waals surface area contributed by atoms with Crippen LogP contribution in [-0.4, -0.2) is 53.6 Å². The van der Waals surface area contributed by atoms with Crippen molar-refractivity contribution in [3.63, 3.8) is 0 Å². The first-order valence-corrected chi connectivity index (χ1v) is 11.7. The molecule has 2 aromatic carbocycles. The van der Waals surface area contributed by atoms with Crippen LogP contribution in [0.1, 0.15) is 45.5 Å². The molecule has 1 aliphatic heterocycles. The number of anilines is 3. The first kappa shape index (κ1) is 25.6. The SMILES string of the molecule is COc1ccc(Nc2ncc(C#CCCCN3C(=O)c4ccccc4C3=O)c(NCCCF)n2)cc1F. The van der Waals surface area contributed by atoms with Gasteiger partial charge in [0.1, 0.15) is 5.82 Å². The predicted octanol–water partition coefficient (Wildman–Crippen LogP) is 4.57. The number of halogens is 2. The number of carbonyl (C=O) groups excluding carboxylic acids is 2. The lowest BCUT2D eigenvalue weighted by molar-refractivity contribution is 0.0653. The molecule has 0 saturated carbocycles. The summed E-state index contributed by atoms with van der Waals surface area (Å²) in [7, 11) is 1.38. The first-order valence-electron chi connectivity index (χ1n) is 11.7. The van der Waals surface area contributed by atoms with Crippen LogP contribution in [0, 0.1) is 17.7 Å². The zero-order chi connectivity index (χ0) is 26.2. The number of unbranched alkanes of at least 4 members (excludes halogenated alkanes) is 1. The van der Waals surface area contributed by atoms with E-state index in [0.717, 1.165) is 0 Å². The van der Waals surface area contributed by atoms with Crippen molar-refractivity contribution in [1.29, 1.82) is 0 Å². The normalized spacial score (nSPS) is 12.1. The number of nitrogens with one attached hydrogen (secondary N) is 2. The highest BCUT2D eigenvalue weighted by Crippen LogP contribution is 2.24. The Labute approximate surface area is 213 Å². The van der Waals surface area contributed by atoms with Crippen molar-refractivity contribution in [2.75, 3.05) is 37.5 Å². The average Bonchev–Trinajstić information content (AvgIpc) is 3.14. The molecular formula is C27H25F2N5O3. The molecule has 0 bridgehead atoms. The average molecular weight is 506 g/mol. The van der Waals surface area contributed by atoms with Crippen LogP contribution in [-0.2, 0) is 0 Å². The van der Waals surface area contributed by atoms with E-state index in [2.05, 4.69) is 32.4 Å². The summed E-state index contributed by atoms with van der Waals surface area (Å²) >= 11 is 0. The van der Waals surface area contributed by atoms with Crippen molar-refractivity contribution in [3.8, 4) is 17.6 Å². The number of aromatic nitrogens is 2. The first-order chi connectivity index (χ1) is 18.0. The minimum absolute atomic E-state index is 0.119. The van der Waals surface area contributed by atoms with Crippen molar-refractivity contribution < 1.29 is 23.1 Å². The molecule has 37 heavy (non-hydrogen) atoms. The van der Waals surface area contributed by atoms with Gasteiger partial charge in [0.15, 0.2) is 11.6 Å². The molecule has 0 aliphatic carbocycles. The van der Waals surface area contributed by atoms with Gasteiger partial charge in [-0.15, -0.1) is 0 Å². The Bertz CT molecular complexity index is 1330. The van der Waals surface area contributed by atoms with E-state index >= 15 is 0 Å². The van der Waals surface area contributed by atoms with Gasteiger partial charge in [-0.05, 0) is 37.1 Å². The van der Waals surface area contributed by atoms with E-state index in [9.17, 15) is 18.4 Å². The number of fused-ring (bicyclic) bond motifs is 1. The summed E-state index contributed by atoms with van der Waals surface area (Å²) in [5.74, 6) is 5.65. The van der Waals surface area contributed by atoms with Crippen LogP contribution >= 0.6 is 0 Å². The number of ether oxygens (including phenoxy) is 1. The molecule has 0 unspecified atom stereocenters. The number of nitrogens with zero attached hydrogens (tertiary/aromatic N) is 3. The summed E-state index contributed by atoms with van der Waals surface area (Å²) in [6, 6.07) is 11.1. The lowest BCUT2D eigenvalue weighted by Crippen LogP contribution is -2.30. The summed E-state index contributed by atoms with van der Waals surface area (Å²) in [5, 5.41) is 5.98. The zero-order valence-corrected chi connectivity index (χ0v) is 20.2. The number of rotatable bonds is 10. The van der Waals surface area contributed by atoms with Crippen LogP contribution in [0.15, 0.2) is 48.7 Å². The van der Waals surface area contributed by atoms with Crippen molar-refractivity contribution in [1.82, 2.24) is 14.9 Å². The van der Waals surface area contributed by atoms with Crippen LogP contribution < -0.4 is 15.4 Å². The third-order valence-corrected chi connectivity index (χ3v) is 5.58. The third-order valence-electron chi connectivity index (χ3n) is 5.58. The topological polar surface area (TPSA) is 96.5 Å². The minimum atomic E-state index is -0.530. The van der Waals surface area contributed by atoms with Crippen LogP contribution in [0.4, 0.5) is 26.2 Å². The second-order valence-corrected chi connectivity index (χ2v) is 8.11. The highest BCUT2D eigenvalue weighted by molar-refractivity contribution is 6.21. The van der Waals surface area contributed by atoms with Gasteiger partial charge in [-0.1, -0.05) is 24.0 Å². The predicted molar refractivity (Wildman–Crippen MR) is 135 cm³/mol. The molecular weight excluding hydrogens is 480 g/mol. The molecule has 0 fully saturated rings. The van der Waals surface area contributed by atoms with E-state index < -0.39 is 12.5 Å². The number of hydrogen-bond donors (Lipinski definition) is 2. The molecule has 190 valence electrons. The summed E-state index contributed by atoms with van der Waals surface area (Å²) in [6.07, 6.45) is 2.75. The Hall–Kier alpha value is -4.52. The van der Waals surface area contributed by atoms with E-state index in [1.807, 2.05) is 0 Å². The molecule has 0 saturated heterocycles. The molecule has 3 aromatic rings. The Morgan fingerprint density at radius 1 is 1.08 bits per heavy atom. The van der Waals surface area contributed by atoms with Gasteiger partial charge in [0.05, 0.1) is 36.7 Å². The van der Waals surface area contributed by atoms with E-state index in [1.54, 1.807) is 30.3 Å². The summed E-state index contributed by atoms with van der Waals surface area (Å²) in [6.45, 7) is 0.131. The molecule has 4 rings (SSSR count). The largest absolute Gasteiger partial charge is 0.494 e. The summed E-state index contributed by atoms with van der Waals surface area (Å²) in [5.41, 5.74) is 1.78. The van der Waals surface area contributed by atoms with Gasteiger partial charge >= 0.3 is 0 Å². The lowest BCUT2D eigenvalue weighted by Gasteiger charge is -2.12. The van der Waals surface area contributed by atoms with Gasteiger partial charge in [-0.25, -0.2) is 9.37 Å². The highest BCUT2D eigenvalue weighted by atomic mass is 19.1. The molecule has 10 heteroatoms. The fraction of sp³-hybridized carbons (Fsp3) is 0.259. The number of hydrogen-bond acceptors (Lipinski definition) is 7. The molecule has 8 nitrogen and oxygen atoms in total. The maximum Gasteiger partial charge on any atom is 0.261 e. The van der Waals surface area contributed by atoms with E-state index in [1.165, 1.54) is 30.3 Å². The van der Waals surface area contributed by atoms with Crippen LogP contribution in [0.2, 0.25) is 0 Å². The quantitative estimate of drug-likeness (QED) is 0.237. The third kappa shape index (κ3) is 6.01. The van der Waals surface area contributed by atoms with Crippen LogP contribution in [0.3, 0.4) is 0 Å². The maximum atomic E-state index is 14.0. The fourth-order valence-electron chi connectivity index (χ4n) is 3.74. The van der Waals surface area contributed by atoms with Gasteiger partial charge in [0, 0.05) is 31.3 Å². The molecule has 1 aliphatic rings. The van der Waals surface area contributed by atoms with Crippen LogP contribution in [0.25, 0.3) is 0 Å². The molecule has 2 heterocycles. The number of carbonyl (C=O) groups is 2. The summed E-state index contributed by atoms with van der Waals surface area (Å²) < 4.78 is 31.5. The van der Waals surface area contributed by atoms with E-state index in [0.29, 0.717) is 54.0 Å². The molecule has 0 radical (unpaired) electrons. The molecule has 2 N–H and O–H groups in total.